The third-order valence-corrected chi connectivity index (χ3v) is 5.16. The molecule has 0 heterocycles. The molecule has 0 amide bonds. The molecule has 4 rings (SSSR count). The highest BCUT2D eigenvalue weighted by atomic mass is 15.1. The lowest BCUT2D eigenvalue weighted by Crippen LogP contribution is -1.82. The first kappa shape index (κ1) is 19.6. The molecule has 30 heavy (non-hydrogen) atoms. The van der Waals surface area contributed by atoms with Crippen molar-refractivity contribution in [2.75, 3.05) is 0 Å². The maximum Gasteiger partial charge on any atom is 0.0857 e. The van der Waals surface area contributed by atoms with Crippen LogP contribution in [0.4, 0.5) is 11.4 Å². The second kappa shape index (κ2) is 9.20. The van der Waals surface area contributed by atoms with Gasteiger partial charge in [-0.2, -0.15) is 10.2 Å². The minimum atomic E-state index is 0.817. The molecule has 4 aromatic rings. The van der Waals surface area contributed by atoms with Crippen LogP contribution in [0.3, 0.4) is 0 Å². The summed E-state index contributed by atoms with van der Waals surface area (Å²) in [7, 11) is 0. The van der Waals surface area contributed by atoms with E-state index in [1.165, 1.54) is 21.9 Å². The average Bonchev–Trinajstić information content (AvgIpc) is 2.82. The van der Waals surface area contributed by atoms with E-state index in [0.717, 1.165) is 35.3 Å². The van der Waals surface area contributed by atoms with Crippen LogP contribution < -0.4 is 0 Å². The predicted molar refractivity (Wildman–Crippen MR) is 126 cm³/mol. The number of hydrogen-bond acceptors (Lipinski definition) is 2. The molecule has 0 saturated carbocycles. The van der Waals surface area contributed by atoms with E-state index >= 15 is 0 Å². The summed E-state index contributed by atoms with van der Waals surface area (Å²) in [6.45, 7) is 4.32. The Morgan fingerprint density at radius 1 is 0.533 bits per heavy atom. The summed E-state index contributed by atoms with van der Waals surface area (Å²) in [5.74, 6) is 6.51. The van der Waals surface area contributed by atoms with E-state index < -0.39 is 0 Å². The normalized spacial score (nSPS) is 10.9. The molecule has 0 aliphatic heterocycles. The van der Waals surface area contributed by atoms with Crippen LogP contribution in [0.15, 0.2) is 95.2 Å². The minimum Gasteiger partial charge on any atom is -0.151 e. The first-order valence-corrected chi connectivity index (χ1v) is 10.4. The SMILES string of the molecule is CCc1ccc(N=Nc2ccc(C#Cc3ccc4cc(CC)ccc4c3)cc2)cc1. The van der Waals surface area contributed by atoms with Gasteiger partial charge in [0.2, 0.25) is 0 Å². The van der Waals surface area contributed by atoms with Crippen molar-refractivity contribution in [1.82, 2.24) is 0 Å². The van der Waals surface area contributed by atoms with Crippen molar-refractivity contribution >= 4 is 22.1 Å². The Kier molecular flexibility index (Phi) is 6.01. The van der Waals surface area contributed by atoms with Crippen molar-refractivity contribution < 1.29 is 0 Å². The van der Waals surface area contributed by atoms with Crippen molar-refractivity contribution in [3.8, 4) is 11.8 Å². The van der Waals surface area contributed by atoms with E-state index in [0.29, 0.717) is 0 Å². The molecule has 4 aromatic carbocycles. The van der Waals surface area contributed by atoms with Gasteiger partial charge in [0.1, 0.15) is 0 Å². The predicted octanol–water partition coefficient (Wildman–Crippen LogP) is 7.78. The zero-order chi connectivity index (χ0) is 20.8. The third-order valence-electron chi connectivity index (χ3n) is 5.16. The molecule has 0 spiro atoms. The van der Waals surface area contributed by atoms with Crippen molar-refractivity contribution in [1.29, 1.82) is 0 Å². The maximum atomic E-state index is 4.32. The van der Waals surface area contributed by atoms with Gasteiger partial charge in [-0.05, 0) is 83.3 Å². The minimum absolute atomic E-state index is 0.817. The van der Waals surface area contributed by atoms with Gasteiger partial charge < -0.3 is 0 Å². The highest BCUT2D eigenvalue weighted by Crippen LogP contribution is 2.20. The highest BCUT2D eigenvalue weighted by molar-refractivity contribution is 5.84. The van der Waals surface area contributed by atoms with Crippen LogP contribution in [0.1, 0.15) is 36.1 Å². The summed E-state index contributed by atoms with van der Waals surface area (Å²) in [5, 5.41) is 11.1. The molecule has 0 saturated heterocycles. The quantitative estimate of drug-likeness (QED) is 0.252. The van der Waals surface area contributed by atoms with Crippen molar-refractivity contribution in [3.05, 3.63) is 107 Å². The van der Waals surface area contributed by atoms with Crippen LogP contribution >= 0.6 is 0 Å². The zero-order valence-corrected chi connectivity index (χ0v) is 17.4. The summed E-state index contributed by atoms with van der Waals surface area (Å²) in [5.41, 5.74) is 6.32. The monoisotopic (exact) mass is 388 g/mol. The van der Waals surface area contributed by atoms with Crippen LogP contribution in [-0.4, -0.2) is 0 Å². The fourth-order valence-corrected chi connectivity index (χ4v) is 3.26. The second-order valence-electron chi connectivity index (χ2n) is 7.27. The van der Waals surface area contributed by atoms with E-state index in [2.05, 4.69) is 84.4 Å². The molecule has 0 bridgehead atoms. The smallest absolute Gasteiger partial charge is 0.0857 e. The van der Waals surface area contributed by atoms with Gasteiger partial charge in [-0.15, -0.1) is 0 Å². The largest absolute Gasteiger partial charge is 0.151 e. The standard InChI is InChI=1S/C28H24N2/c1-3-21-9-15-27(16-10-21)29-30-28-17-11-23(12-18-28)5-6-24-8-14-25-19-22(4-2)7-13-26(25)20-24/h7-20H,3-4H2,1-2H3. The summed E-state index contributed by atoms with van der Waals surface area (Å²) in [6.07, 6.45) is 2.08. The fourth-order valence-electron chi connectivity index (χ4n) is 3.26. The van der Waals surface area contributed by atoms with Gasteiger partial charge in [0, 0.05) is 11.1 Å². The lowest BCUT2D eigenvalue weighted by atomic mass is 10.0. The highest BCUT2D eigenvalue weighted by Gasteiger charge is 1.97. The van der Waals surface area contributed by atoms with Crippen LogP contribution in [0.25, 0.3) is 10.8 Å². The van der Waals surface area contributed by atoms with Gasteiger partial charge in [-0.1, -0.05) is 62.1 Å². The number of azo groups is 1. The Bertz CT molecular complexity index is 1240. The van der Waals surface area contributed by atoms with Crippen LogP contribution in [0.5, 0.6) is 0 Å². The summed E-state index contributed by atoms with van der Waals surface area (Å²) in [6, 6.07) is 29.0. The summed E-state index contributed by atoms with van der Waals surface area (Å²) < 4.78 is 0. The van der Waals surface area contributed by atoms with Gasteiger partial charge in [0.05, 0.1) is 11.4 Å². The van der Waals surface area contributed by atoms with Crippen LogP contribution in [0, 0.1) is 11.8 Å². The zero-order valence-electron chi connectivity index (χ0n) is 17.4. The van der Waals surface area contributed by atoms with Gasteiger partial charge in [0.15, 0.2) is 0 Å². The number of aryl methyl sites for hydroxylation is 2. The Hall–Kier alpha value is -3.70. The number of rotatable bonds is 4. The fraction of sp³-hybridized carbons (Fsp3) is 0.143. The van der Waals surface area contributed by atoms with Crippen molar-refractivity contribution in [3.63, 3.8) is 0 Å². The molecule has 0 N–H and O–H groups in total. The van der Waals surface area contributed by atoms with E-state index in [-0.39, 0.29) is 0 Å². The Labute approximate surface area is 178 Å². The molecule has 0 aliphatic carbocycles. The molecule has 0 radical (unpaired) electrons. The Balaban J connectivity index is 1.46. The van der Waals surface area contributed by atoms with Gasteiger partial charge in [-0.25, -0.2) is 0 Å². The number of benzene rings is 4. The number of hydrogen-bond donors (Lipinski definition) is 0. The van der Waals surface area contributed by atoms with E-state index in [4.69, 9.17) is 0 Å². The van der Waals surface area contributed by atoms with Crippen molar-refractivity contribution in [2.45, 2.75) is 26.7 Å². The molecule has 0 aliphatic rings. The first-order chi connectivity index (χ1) is 14.7. The van der Waals surface area contributed by atoms with E-state index in [1.54, 1.807) is 0 Å². The van der Waals surface area contributed by atoms with Gasteiger partial charge in [-0.3, -0.25) is 0 Å². The molecule has 0 fully saturated rings. The Morgan fingerprint density at radius 2 is 1.03 bits per heavy atom. The molecule has 2 heteroatoms. The third kappa shape index (κ3) is 4.82. The topological polar surface area (TPSA) is 24.7 Å². The van der Waals surface area contributed by atoms with Gasteiger partial charge >= 0.3 is 0 Å². The lowest BCUT2D eigenvalue weighted by Gasteiger charge is -2.01. The number of fused-ring (bicyclic) bond motifs is 1. The average molecular weight is 389 g/mol. The van der Waals surface area contributed by atoms with Crippen LogP contribution in [0.2, 0.25) is 0 Å². The van der Waals surface area contributed by atoms with E-state index in [9.17, 15) is 0 Å². The molecule has 2 nitrogen and oxygen atoms in total. The van der Waals surface area contributed by atoms with Gasteiger partial charge in [0.25, 0.3) is 0 Å². The summed E-state index contributed by atoms with van der Waals surface area (Å²) in [4.78, 5) is 0. The van der Waals surface area contributed by atoms with E-state index in [1.807, 2.05) is 36.4 Å². The number of nitrogens with zero attached hydrogens (tertiary/aromatic N) is 2. The molecule has 0 atom stereocenters. The van der Waals surface area contributed by atoms with Crippen LogP contribution in [-0.2, 0) is 12.8 Å². The summed E-state index contributed by atoms with van der Waals surface area (Å²) >= 11 is 0. The maximum absolute atomic E-state index is 4.32. The molecular weight excluding hydrogens is 364 g/mol. The molecule has 0 aromatic heterocycles. The second-order valence-corrected chi connectivity index (χ2v) is 7.27. The molecular formula is C28H24N2. The molecule has 0 unspecified atom stereocenters. The lowest BCUT2D eigenvalue weighted by molar-refractivity contribution is 1.13. The Morgan fingerprint density at radius 3 is 1.70 bits per heavy atom. The molecule has 146 valence electrons. The van der Waals surface area contributed by atoms with Crippen molar-refractivity contribution in [2.24, 2.45) is 10.2 Å². The first-order valence-electron chi connectivity index (χ1n) is 10.4.